The number of carbonyl (C=O) groups is 2. The lowest BCUT2D eigenvalue weighted by Crippen LogP contribution is -2.37. The Balaban J connectivity index is 2.58. The van der Waals surface area contributed by atoms with Crippen LogP contribution in [0, 0.1) is 19.8 Å². The van der Waals surface area contributed by atoms with Crippen molar-refractivity contribution >= 4 is 17.5 Å². The zero-order valence-corrected chi connectivity index (χ0v) is 11.3. The molecule has 98 valence electrons. The molecular weight excluding hydrogens is 228 g/mol. The number of carbonyl (C=O) groups excluding carboxylic acids is 2. The van der Waals surface area contributed by atoms with Crippen LogP contribution in [0.3, 0.4) is 0 Å². The first-order chi connectivity index (χ1) is 8.40. The summed E-state index contributed by atoms with van der Waals surface area (Å²) in [7, 11) is 0. The zero-order chi connectivity index (χ0) is 13.7. The van der Waals surface area contributed by atoms with Gasteiger partial charge in [-0.2, -0.15) is 0 Å². The third-order valence-corrected chi connectivity index (χ3v) is 2.64. The van der Waals surface area contributed by atoms with Crippen LogP contribution in [0.25, 0.3) is 0 Å². The van der Waals surface area contributed by atoms with E-state index in [0.717, 1.165) is 11.1 Å². The van der Waals surface area contributed by atoms with Crippen molar-refractivity contribution in [3.8, 4) is 0 Å². The average molecular weight is 248 g/mol. The van der Waals surface area contributed by atoms with Crippen molar-refractivity contribution in [1.29, 1.82) is 0 Å². The molecule has 1 rings (SSSR count). The van der Waals surface area contributed by atoms with E-state index in [1.165, 1.54) is 0 Å². The summed E-state index contributed by atoms with van der Waals surface area (Å²) in [6.45, 7) is 8.41. The van der Waals surface area contributed by atoms with Gasteiger partial charge in [0.25, 0.3) is 0 Å². The predicted octanol–water partition coefficient (Wildman–Crippen LogP) is 2.01. The molecule has 0 bridgehead atoms. The van der Waals surface area contributed by atoms with Gasteiger partial charge in [-0.05, 0) is 43.0 Å². The molecule has 1 aromatic carbocycles. The van der Waals surface area contributed by atoms with Gasteiger partial charge in [0, 0.05) is 12.2 Å². The molecule has 0 aliphatic heterocycles. The minimum Gasteiger partial charge on any atom is -0.348 e. The van der Waals surface area contributed by atoms with Gasteiger partial charge in [0.05, 0.1) is 0 Å². The Bertz CT molecular complexity index is 453. The van der Waals surface area contributed by atoms with Crippen molar-refractivity contribution in [1.82, 2.24) is 5.32 Å². The normalized spacial score (nSPS) is 10.3. The van der Waals surface area contributed by atoms with Crippen LogP contribution < -0.4 is 10.6 Å². The highest BCUT2D eigenvalue weighted by Crippen LogP contribution is 2.13. The summed E-state index contributed by atoms with van der Waals surface area (Å²) in [5.41, 5.74) is 2.87. The fraction of sp³-hybridized carbons (Fsp3) is 0.429. The molecule has 2 N–H and O–H groups in total. The third-order valence-electron chi connectivity index (χ3n) is 2.64. The molecular formula is C14H20N2O2. The number of rotatable bonds is 3. The van der Waals surface area contributed by atoms with Crippen LogP contribution >= 0.6 is 0 Å². The summed E-state index contributed by atoms with van der Waals surface area (Å²) in [5, 5.41) is 5.16. The second-order valence-electron chi connectivity index (χ2n) is 4.86. The summed E-state index contributed by atoms with van der Waals surface area (Å²) in [5.74, 6) is -0.899. The predicted molar refractivity (Wildman–Crippen MR) is 72.4 cm³/mol. The molecule has 0 heterocycles. The van der Waals surface area contributed by atoms with Crippen LogP contribution in [-0.4, -0.2) is 18.4 Å². The lowest BCUT2D eigenvalue weighted by atomic mass is 10.1. The maximum atomic E-state index is 11.6. The molecule has 2 amide bonds. The van der Waals surface area contributed by atoms with Gasteiger partial charge in [-0.1, -0.05) is 19.9 Å². The lowest BCUT2D eigenvalue weighted by Gasteiger charge is -2.09. The van der Waals surface area contributed by atoms with Gasteiger partial charge >= 0.3 is 11.8 Å². The molecule has 4 nitrogen and oxygen atoms in total. The Kier molecular flexibility index (Phi) is 4.89. The topological polar surface area (TPSA) is 58.2 Å². The highest BCUT2D eigenvalue weighted by molar-refractivity contribution is 6.39. The van der Waals surface area contributed by atoms with Crippen molar-refractivity contribution in [3.63, 3.8) is 0 Å². The molecule has 1 aromatic rings. The van der Waals surface area contributed by atoms with Crippen LogP contribution in [-0.2, 0) is 9.59 Å². The molecule has 0 radical (unpaired) electrons. The number of aryl methyl sites for hydroxylation is 2. The van der Waals surface area contributed by atoms with Crippen LogP contribution in [0.1, 0.15) is 25.0 Å². The molecule has 0 saturated heterocycles. The Morgan fingerprint density at radius 1 is 1.11 bits per heavy atom. The molecule has 0 saturated carbocycles. The van der Waals surface area contributed by atoms with Crippen molar-refractivity contribution in [3.05, 3.63) is 29.3 Å². The van der Waals surface area contributed by atoms with E-state index in [1.54, 1.807) is 6.07 Å². The molecule has 4 heteroatoms. The van der Waals surface area contributed by atoms with E-state index in [0.29, 0.717) is 18.2 Å². The van der Waals surface area contributed by atoms with E-state index in [9.17, 15) is 9.59 Å². The maximum absolute atomic E-state index is 11.6. The highest BCUT2D eigenvalue weighted by atomic mass is 16.2. The number of amides is 2. The van der Waals surface area contributed by atoms with E-state index in [-0.39, 0.29) is 0 Å². The van der Waals surface area contributed by atoms with Crippen LogP contribution in [0.4, 0.5) is 5.69 Å². The first kappa shape index (κ1) is 14.2. The molecule has 0 spiro atoms. The first-order valence-electron chi connectivity index (χ1n) is 6.06. The van der Waals surface area contributed by atoms with Crippen molar-refractivity contribution in [2.24, 2.45) is 5.92 Å². The Hall–Kier alpha value is -1.84. The SMILES string of the molecule is Cc1ccc(NC(=O)C(=O)NCC(C)C)cc1C. The minimum absolute atomic E-state index is 0.323. The minimum atomic E-state index is -0.626. The van der Waals surface area contributed by atoms with Gasteiger partial charge in [-0.15, -0.1) is 0 Å². The van der Waals surface area contributed by atoms with Crippen molar-refractivity contribution < 1.29 is 9.59 Å². The molecule has 0 aliphatic carbocycles. The van der Waals surface area contributed by atoms with Crippen LogP contribution in [0.5, 0.6) is 0 Å². The van der Waals surface area contributed by atoms with Gasteiger partial charge in [-0.25, -0.2) is 0 Å². The van der Waals surface area contributed by atoms with Crippen LogP contribution in [0.2, 0.25) is 0 Å². The number of anilines is 1. The summed E-state index contributed by atoms with van der Waals surface area (Å²) in [6.07, 6.45) is 0. The number of benzene rings is 1. The molecule has 0 aromatic heterocycles. The van der Waals surface area contributed by atoms with Gasteiger partial charge in [0.2, 0.25) is 0 Å². The highest BCUT2D eigenvalue weighted by Gasteiger charge is 2.13. The number of nitrogens with one attached hydrogen (secondary N) is 2. The van der Waals surface area contributed by atoms with E-state index in [2.05, 4.69) is 10.6 Å². The quantitative estimate of drug-likeness (QED) is 0.804. The smallest absolute Gasteiger partial charge is 0.313 e. The van der Waals surface area contributed by atoms with Gasteiger partial charge in [0.15, 0.2) is 0 Å². The standard InChI is InChI=1S/C14H20N2O2/c1-9(2)8-15-13(17)14(18)16-12-6-5-10(3)11(4)7-12/h5-7,9H,8H2,1-4H3,(H,15,17)(H,16,18). The monoisotopic (exact) mass is 248 g/mol. The second kappa shape index (κ2) is 6.19. The average Bonchev–Trinajstić information content (AvgIpc) is 2.30. The summed E-state index contributed by atoms with van der Waals surface area (Å²) in [6, 6.07) is 5.55. The van der Waals surface area contributed by atoms with Gasteiger partial charge in [-0.3, -0.25) is 9.59 Å². The van der Waals surface area contributed by atoms with Gasteiger partial charge < -0.3 is 10.6 Å². The molecule has 0 unspecified atom stereocenters. The third kappa shape index (κ3) is 4.20. The Morgan fingerprint density at radius 3 is 2.33 bits per heavy atom. The van der Waals surface area contributed by atoms with Crippen molar-refractivity contribution in [2.75, 3.05) is 11.9 Å². The fourth-order valence-corrected chi connectivity index (χ4v) is 1.38. The molecule has 0 fully saturated rings. The van der Waals surface area contributed by atoms with E-state index in [4.69, 9.17) is 0 Å². The fourth-order valence-electron chi connectivity index (χ4n) is 1.38. The van der Waals surface area contributed by atoms with E-state index >= 15 is 0 Å². The lowest BCUT2D eigenvalue weighted by molar-refractivity contribution is -0.136. The maximum Gasteiger partial charge on any atom is 0.313 e. The second-order valence-corrected chi connectivity index (χ2v) is 4.86. The number of hydrogen-bond acceptors (Lipinski definition) is 2. The van der Waals surface area contributed by atoms with Crippen LogP contribution in [0.15, 0.2) is 18.2 Å². The first-order valence-corrected chi connectivity index (χ1v) is 6.06. The summed E-state index contributed by atoms with van der Waals surface area (Å²) >= 11 is 0. The largest absolute Gasteiger partial charge is 0.348 e. The van der Waals surface area contributed by atoms with Crippen molar-refractivity contribution in [2.45, 2.75) is 27.7 Å². The Labute approximate surface area is 108 Å². The summed E-state index contributed by atoms with van der Waals surface area (Å²) in [4.78, 5) is 23.1. The Morgan fingerprint density at radius 2 is 1.78 bits per heavy atom. The van der Waals surface area contributed by atoms with Gasteiger partial charge in [0.1, 0.15) is 0 Å². The summed E-state index contributed by atoms with van der Waals surface area (Å²) < 4.78 is 0. The number of hydrogen-bond donors (Lipinski definition) is 2. The molecule has 0 atom stereocenters. The molecule has 18 heavy (non-hydrogen) atoms. The molecule has 0 aliphatic rings. The zero-order valence-electron chi connectivity index (χ0n) is 11.3. The van der Waals surface area contributed by atoms with E-state index < -0.39 is 11.8 Å². The van der Waals surface area contributed by atoms with E-state index in [1.807, 2.05) is 39.8 Å².